The molecular formula is C3H8N2O3S2. The number of rotatable bonds is 2. The molecule has 1 unspecified atom stereocenters. The molecule has 0 fully saturated rings. The summed E-state index contributed by atoms with van der Waals surface area (Å²) >= 11 is 4.28. The van der Waals surface area contributed by atoms with Crippen LogP contribution in [0.3, 0.4) is 0 Å². The van der Waals surface area contributed by atoms with Crippen molar-refractivity contribution in [3.05, 3.63) is 0 Å². The monoisotopic (exact) mass is 184 g/mol. The van der Waals surface area contributed by atoms with E-state index >= 15 is 0 Å². The van der Waals surface area contributed by atoms with Crippen LogP contribution in [0.5, 0.6) is 0 Å². The van der Waals surface area contributed by atoms with Crippen molar-refractivity contribution < 1.29 is 13.2 Å². The van der Waals surface area contributed by atoms with Crippen molar-refractivity contribution in [1.29, 1.82) is 0 Å². The van der Waals surface area contributed by atoms with Gasteiger partial charge in [0.15, 0.2) is 0 Å². The molecule has 0 spiro atoms. The molecule has 0 aromatic heterocycles. The summed E-state index contributed by atoms with van der Waals surface area (Å²) in [4.78, 5) is 0. The molecule has 0 saturated carbocycles. The van der Waals surface area contributed by atoms with Gasteiger partial charge in [-0.1, -0.05) is 0 Å². The topological polar surface area (TPSA) is 95.4 Å². The maximum absolute atomic E-state index is 10.4. The summed E-state index contributed by atoms with van der Waals surface area (Å²) in [6, 6.07) is 0. The van der Waals surface area contributed by atoms with Crippen LogP contribution in [0.25, 0.3) is 0 Å². The second-order valence-electron chi connectivity index (χ2n) is 1.59. The average Bonchev–Trinajstić information content (AvgIpc) is 1.60. The van der Waals surface area contributed by atoms with E-state index in [0.717, 1.165) is 0 Å². The molecule has 0 heterocycles. The molecule has 0 aromatic rings. The third kappa shape index (κ3) is 3.59. The largest absolute Gasteiger partial charge is 0.450 e. The van der Waals surface area contributed by atoms with Crippen LogP contribution in [0.1, 0.15) is 6.92 Å². The molecule has 0 rings (SSSR count). The number of primary sulfonamides is 1. The summed E-state index contributed by atoms with van der Waals surface area (Å²) < 4.78 is 25.2. The highest BCUT2D eigenvalue weighted by molar-refractivity contribution is 7.89. The van der Waals surface area contributed by atoms with Crippen molar-refractivity contribution in [1.82, 2.24) is 0 Å². The Hall–Kier alpha value is -0.400. The van der Waals surface area contributed by atoms with Gasteiger partial charge in [0.1, 0.15) is 0 Å². The SMILES string of the molecule is CC(OC(N)=S)S(N)(=O)=O. The molecular weight excluding hydrogens is 176 g/mol. The van der Waals surface area contributed by atoms with E-state index in [-0.39, 0.29) is 5.17 Å². The van der Waals surface area contributed by atoms with Gasteiger partial charge in [0.05, 0.1) is 0 Å². The lowest BCUT2D eigenvalue weighted by Crippen LogP contribution is -2.32. The Morgan fingerprint density at radius 2 is 2.10 bits per heavy atom. The molecule has 4 N–H and O–H groups in total. The summed E-state index contributed by atoms with van der Waals surface area (Å²) in [5.74, 6) is 0. The van der Waals surface area contributed by atoms with Crippen molar-refractivity contribution in [2.75, 3.05) is 0 Å². The van der Waals surface area contributed by atoms with Gasteiger partial charge in [0.2, 0.25) is 15.5 Å². The third-order valence-corrected chi connectivity index (χ3v) is 1.86. The molecule has 60 valence electrons. The van der Waals surface area contributed by atoms with Crippen molar-refractivity contribution >= 4 is 27.4 Å². The minimum absolute atomic E-state index is 0.332. The highest BCUT2D eigenvalue weighted by atomic mass is 32.2. The van der Waals surface area contributed by atoms with Crippen molar-refractivity contribution in [2.45, 2.75) is 12.4 Å². The lowest BCUT2D eigenvalue weighted by Gasteiger charge is -2.08. The number of hydrogen-bond donors (Lipinski definition) is 2. The van der Waals surface area contributed by atoms with Crippen LogP contribution in [-0.4, -0.2) is 19.0 Å². The molecule has 0 radical (unpaired) electrons. The van der Waals surface area contributed by atoms with Gasteiger partial charge in [-0.3, -0.25) is 0 Å². The molecule has 0 aliphatic rings. The van der Waals surface area contributed by atoms with Gasteiger partial charge in [-0.15, -0.1) is 0 Å². The van der Waals surface area contributed by atoms with Gasteiger partial charge in [-0.05, 0) is 19.1 Å². The molecule has 10 heavy (non-hydrogen) atoms. The Morgan fingerprint density at radius 3 is 2.20 bits per heavy atom. The lowest BCUT2D eigenvalue weighted by atomic mass is 10.8. The van der Waals surface area contributed by atoms with Gasteiger partial charge in [-0.2, -0.15) is 0 Å². The number of nitrogens with two attached hydrogens (primary N) is 2. The minimum atomic E-state index is -3.69. The zero-order valence-corrected chi connectivity index (χ0v) is 6.91. The van der Waals surface area contributed by atoms with Crippen molar-refractivity contribution in [3.8, 4) is 0 Å². The Labute approximate surface area is 64.4 Å². The minimum Gasteiger partial charge on any atom is -0.450 e. The summed E-state index contributed by atoms with van der Waals surface area (Å²) in [6.07, 6.45) is 0. The quantitative estimate of drug-likeness (QED) is 0.530. The predicted octanol–water partition coefficient (Wildman–Crippen LogP) is -1.12. The summed E-state index contributed by atoms with van der Waals surface area (Å²) in [6.45, 7) is 1.24. The highest BCUT2D eigenvalue weighted by Gasteiger charge is 2.16. The molecule has 0 aliphatic carbocycles. The molecule has 1 atom stereocenters. The zero-order valence-electron chi connectivity index (χ0n) is 5.27. The molecule has 5 nitrogen and oxygen atoms in total. The van der Waals surface area contributed by atoms with E-state index in [1.54, 1.807) is 0 Å². The number of ether oxygens (including phenoxy) is 1. The van der Waals surface area contributed by atoms with Crippen LogP contribution < -0.4 is 10.9 Å². The second kappa shape index (κ2) is 3.13. The lowest BCUT2D eigenvalue weighted by molar-refractivity contribution is 0.283. The van der Waals surface area contributed by atoms with Crippen LogP contribution in [0, 0.1) is 0 Å². The highest BCUT2D eigenvalue weighted by Crippen LogP contribution is 1.95. The van der Waals surface area contributed by atoms with E-state index in [1.807, 2.05) is 0 Å². The Bertz CT molecular complexity index is 222. The third-order valence-electron chi connectivity index (χ3n) is 0.745. The van der Waals surface area contributed by atoms with Crippen LogP contribution in [0.15, 0.2) is 0 Å². The second-order valence-corrected chi connectivity index (χ2v) is 3.84. The Balaban J connectivity index is 4.12. The molecule has 7 heteroatoms. The van der Waals surface area contributed by atoms with Crippen LogP contribution in [-0.2, 0) is 14.8 Å². The summed E-state index contributed by atoms with van der Waals surface area (Å²) in [5, 5.41) is 4.33. The maximum Gasteiger partial charge on any atom is 0.255 e. The first kappa shape index (κ1) is 9.60. The van der Waals surface area contributed by atoms with Crippen LogP contribution in [0.4, 0.5) is 0 Å². The smallest absolute Gasteiger partial charge is 0.255 e. The van der Waals surface area contributed by atoms with Crippen LogP contribution in [0.2, 0.25) is 0 Å². The molecule has 0 aromatic carbocycles. The van der Waals surface area contributed by atoms with Gasteiger partial charge >= 0.3 is 0 Å². The molecule has 0 bridgehead atoms. The fourth-order valence-electron chi connectivity index (χ4n) is 0.231. The number of thiocarbonyl (C=S) groups is 1. The molecule has 0 saturated heterocycles. The fraction of sp³-hybridized carbons (Fsp3) is 0.667. The average molecular weight is 184 g/mol. The van der Waals surface area contributed by atoms with E-state index in [9.17, 15) is 8.42 Å². The standard InChI is InChI=1S/C3H8N2O3S2/c1-2(8-3(4)9)10(5,6)7/h2H,1H3,(H2,4,9)(H2,5,6,7). The van der Waals surface area contributed by atoms with Gasteiger partial charge in [0.25, 0.3) is 5.17 Å². The fourth-order valence-corrected chi connectivity index (χ4v) is 0.674. The zero-order chi connectivity index (χ0) is 8.36. The first-order valence-electron chi connectivity index (χ1n) is 2.31. The predicted molar refractivity (Wildman–Crippen MR) is 40.4 cm³/mol. The summed E-state index contributed by atoms with van der Waals surface area (Å²) in [7, 11) is -3.69. The normalized spacial score (nSPS) is 14.2. The maximum atomic E-state index is 10.4. The van der Waals surface area contributed by atoms with E-state index < -0.39 is 15.5 Å². The van der Waals surface area contributed by atoms with Gasteiger partial charge < -0.3 is 10.5 Å². The van der Waals surface area contributed by atoms with E-state index in [1.165, 1.54) is 6.92 Å². The molecule has 0 aliphatic heterocycles. The van der Waals surface area contributed by atoms with Gasteiger partial charge in [0, 0.05) is 0 Å². The van der Waals surface area contributed by atoms with E-state index in [0.29, 0.717) is 0 Å². The van der Waals surface area contributed by atoms with E-state index in [4.69, 9.17) is 5.73 Å². The van der Waals surface area contributed by atoms with Crippen molar-refractivity contribution in [2.24, 2.45) is 10.9 Å². The Morgan fingerprint density at radius 1 is 1.70 bits per heavy atom. The number of hydrogen-bond acceptors (Lipinski definition) is 4. The summed E-state index contributed by atoms with van der Waals surface area (Å²) in [5.41, 5.74) is 3.70. The Kier molecular flexibility index (Phi) is 3.00. The van der Waals surface area contributed by atoms with Gasteiger partial charge in [-0.25, -0.2) is 13.6 Å². The number of sulfonamides is 1. The molecule has 0 amide bonds. The first-order chi connectivity index (χ1) is 4.34. The first-order valence-corrected chi connectivity index (χ1v) is 4.33. The van der Waals surface area contributed by atoms with Crippen LogP contribution >= 0.6 is 12.2 Å². The van der Waals surface area contributed by atoms with Crippen molar-refractivity contribution in [3.63, 3.8) is 0 Å². The van der Waals surface area contributed by atoms with E-state index in [2.05, 4.69) is 22.1 Å².